The summed E-state index contributed by atoms with van der Waals surface area (Å²) in [6, 6.07) is 16.2. The smallest absolute Gasteiger partial charge is 0.321 e. The van der Waals surface area contributed by atoms with Gasteiger partial charge in [0.2, 0.25) is 0 Å². The number of nitrogens with zero attached hydrogens (tertiary/aromatic N) is 2. The third-order valence-corrected chi connectivity index (χ3v) is 8.83. The zero-order chi connectivity index (χ0) is 31.3. The quantitative estimate of drug-likeness (QED) is 0.316. The lowest BCUT2D eigenvalue weighted by Crippen LogP contribution is -2.50. The highest BCUT2D eigenvalue weighted by Gasteiger charge is 2.35. The van der Waals surface area contributed by atoms with Crippen molar-refractivity contribution in [3.05, 3.63) is 77.3 Å². The number of hydrogen-bond donors (Lipinski definition) is 3. The average molecular weight is 631 g/mol. The first-order valence-electron chi connectivity index (χ1n) is 13.6. The topological polar surface area (TPSA) is 138 Å². The summed E-state index contributed by atoms with van der Waals surface area (Å²) >= 11 is 5.94. The van der Waals surface area contributed by atoms with Crippen LogP contribution in [0.15, 0.2) is 71.6 Å². The molecule has 11 nitrogen and oxygen atoms in total. The number of carbonyl (C=O) groups excluding carboxylic acids is 2. The number of nitrogens with one attached hydrogen (secondary N) is 2. The molecule has 0 radical (unpaired) electrons. The van der Waals surface area contributed by atoms with Gasteiger partial charge in [0.1, 0.15) is 11.9 Å². The van der Waals surface area contributed by atoms with E-state index in [9.17, 15) is 23.1 Å². The number of aliphatic hydroxyl groups excluding tert-OH is 1. The van der Waals surface area contributed by atoms with Gasteiger partial charge in [0.15, 0.2) is 5.75 Å². The highest BCUT2D eigenvalue weighted by Crippen LogP contribution is 2.36. The molecule has 0 bridgehead atoms. The number of sulfonamides is 1. The third kappa shape index (κ3) is 7.51. The van der Waals surface area contributed by atoms with Crippen molar-refractivity contribution < 1.29 is 32.6 Å². The van der Waals surface area contributed by atoms with E-state index < -0.39 is 34.1 Å². The minimum Gasteiger partial charge on any atom is -0.497 e. The Bertz CT molecular complexity index is 1550. The molecule has 1 heterocycles. The molecule has 0 saturated heterocycles. The number of ether oxygens (including phenoxy) is 2. The van der Waals surface area contributed by atoms with Crippen molar-refractivity contribution >= 4 is 44.9 Å². The lowest BCUT2D eigenvalue weighted by molar-refractivity contribution is 0.0373. The van der Waals surface area contributed by atoms with Crippen molar-refractivity contribution in [2.45, 2.75) is 30.9 Å². The van der Waals surface area contributed by atoms with Gasteiger partial charge in [-0.15, -0.1) is 0 Å². The maximum Gasteiger partial charge on any atom is 0.321 e. The molecule has 13 heteroatoms. The summed E-state index contributed by atoms with van der Waals surface area (Å²) in [5.41, 5.74) is 0.753. The van der Waals surface area contributed by atoms with E-state index in [2.05, 4.69) is 10.0 Å². The number of urea groups is 1. The van der Waals surface area contributed by atoms with Gasteiger partial charge in [-0.1, -0.05) is 24.6 Å². The Hall–Kier alpha value is -4.00. The van der Waals surface area contributed by atoms with Crippen molar-refractivity contribution in [3.63, 3.8) is 0 Å². The van der Waals surface area contributed by atoms with E-state index in [1.54, 1.807) is 57.5 Å². The summed E-state index contributed by atoms with van der Waals surface area (Å²) in [7, 11) is -0.911. The van der Waals surface area contributed by atoms with Crippen molar-refractivity contribution in [2.75, 3.05) is 43.9 Å². The number of aliphatic hydroxyl groups is 1. The maximum absolute atomic E-state index is 13.7. The van der Waals surface area contributed by atoms with Gasteiger partial charge in [0.25, 0.3) is 15.9 Å². The van der Waals surface area contributed by atoms with Crippen LogP contribution in [-0.4, -0.2) is 81.3 Å². The summed E-state index contributed by atoms with van der Waals surface area (Å²) in [6.45, 7) is 3.67. The van der Waals surface area contributed by atoms with E-state index in [1.165, 1.54) is 40.1 Å². The average Bonchev–Trinajstić information content (AvgIpc) is 2.99. The van der Waals surface area contributed by atoms with Gasteiger partial charge in [0, 0.05) is 30.2 Å². The van der Waals surface area contributed by atoms with Crippen molar-refractivity contribution in [1.29, 1.82) is 0 Å². The Morgan fingerprint density at radius 3 is 2.47 bits per heavy atom. The molecule has 0 spiro atoms. The second-order valence-corrected chi connectivity index (χ2v) is 12.5. The molecule has 0 fully saturated rings. The van der Waals surface area contributed by atoms with Gasteiger partial charge < -0.3 is 29.7 Å². The predicted molar refractivity (Wildman–Crippen MR) is 165 cm³/mol. The fourth-order valence-corrected chi connectivity index (χ4v) is 5.79. The molecule has 3 atom stereocenters. The number of benzene rings is 3. The SMILES string of the molecule is COc1ccc(NC(=O)N(C)C[C@H]2Oc3c(NS(=O)(=O)c4ccc(Cl)cc4)cccc3C(=O)N([C@H](C)CO)C[C@@H]2C)cc1. The lowest BCUT2D eigenvalue weighted by atomic mass is 9.99. The van der Waals surface area contributed by atoms with E-state index in [-0.39, 0.29) is 47.5 Å². The van der Waals surface area contributed by atoms with E-state index in [1.807, 2.05) is 6.92 Å². The van der Waals surface area contributed by atoms with Crippen LogP contribution in [0.1, 0.15) is 24.2 Å². The molecule has 3 amide bonds. The van der Waals surface area contributed by atoms with Crippen LogP contribution in [0.2, 0.25) is 5.02 Å². The molecule has 3 aromatic rings. The first kappa shape index (κ1) is 31.9. The zero-order valence-corrected chi connectivity index (χ0v) is 25.9. The van der Waals surface area contributed by atoms with Crippen LogP contribution in [-0.2, 0) is 10.0 Å². The zero-order valence-electron chi connectivity index (χ0n) is 24.3. The first-order chi connectivity index (χ1) is 20.4. The number of anilines is 2. The highest BCUT2D eigenvalue weighted by molar-refractivity contribution is 7.92. The van der Waals surface area contributed by atoms with Gasteiger partial charge in [-0.05, 0) is 67.6 Å². The normalized spacial score (nSPS) is 17.5. The summed E-state index contributed by atoms with van der Waals surface area (Å²) in [6.07, 6.45) is -0.659. The molecule has 3 aromatic carbocycles. The van der Waals surface area contributed by atoms with Gasteiger partial charge in [0.05, 0.1) is 42.4 Å². The molecule has 4 rings (SSSR count). The number of hydrogen-bond acceptors (Lipinski definition) is 7. The largest absolute Gasteiger partial charge is 0.497 e. The van der Waals surface area contributed by atoms with Crippen molar-refractivity contribution in [3.8, 4) is 11.5 Å². The lowest BCUT2D eigenvalue weighted by Gasteiger charge is -2.38. The standard InChI is InChI=1S/C30H35ClN4O7S/c1-19-16-35(20(2)18-36)29(37)25-6-5-7-26(33-43(39,40)24-14-8-21(31)9-15-24)28(25)42-27(19)17-34(3)30(38)32-22-10-12-23(41-4)13-11-22/h5-15,19-20,27,33,36H,16-18H2,1-4H3,(H,32,38)/t19-,20+,27+/m0/s1. The minimum absolute atomic E-state index is 0.0259. The Kier molecular flexibility index (Phi) is 10.0. The van der Waals surface area contributed by atoms with Crippen LogP contribution in [0, 0.1) is 5.92 Å². The number of fused-ring (bicyclic) bond motifs is 1. The van der Waals surface area contributed by atoms with Crippen LogP contribution in [0.25, 0.3) is 0 Å². The van der Waals surface area contributed by atoms with Gasteiger partial charge in [-0.25, -0.2) is 13.2 Å². The number of para-hydroxylation sites is 1. The van der Waals surface area contributed by atoms with E-state index in [0.717, 1.165) is 0 Å². The van der Waals surface area contributed by atoms with E-state index in [0.29, 0.717) is 16.5 Å². The van der Waals surface area contributed by atoms with Gasteiger partial charge in [-0.3, -0.25) is 9.52 Å². The van der Waals surface area contributed by atoms with Gasteiger partial charge >= 0.3 is 6.03 Å². The first-order valence-corrected chi connectivity index (χ1v) is 15.5. The number of methoxy groups -OCH3 is 1. The maximum atomic E-state index is 13.7. The Morgan fingerprint density at radius 1 is 1.16 bits per heavy atom. The molecule has 43 heavy (non-hydrogen) atoms. The molecule has 0 aromatic heterocycles. The second kappa shape index (κ2) is 13.5. The van der Waals surface area contributed by atoms with Crippen LogP contribution in [0.3, 0.4) is 0 Å². The van der Waals surface area contributed by atoms with E-state index in [4.69, 9.17) is 21.1 Å². The molecular weight excluding hydrogens is 596 g/mol. The number of halogens is 1. The summed E-state index contributed by atoms with van der Waals surface area (Å²) in [5, 5.41) is 13.1. The molecule has 1 aliphatic rings. The van der Waals surface area contributed by atoms with Crippen LogP contribution < -0.4 is 19.5 Å². The van der Waals surface area contributed by atoms with Crippen molar-refractivity contribution in [2.24, 2.45) is 5.92 Å². The fraction of sp³-hybridized carbons (Fsp3) is 0.333. The summed E-state index contributed by atoms with van der Waals surface area (Å²) < 4.78 is 40.7. The third-order valence-electron chi connectivity index (χ3n) is 7.20. The molecule has 0 saturated carbocycles. The summed E-state index contributed by atoms with van der Waals surface area (Å²) in [4.78, 5) is 29.8. The molecule has 3 N–H and O–H groups in total. The highest BCUT2D eigenvalue weighted by atomic mass is 35.5. The molecule has 230 valence electrons. The van der Waals surface area contributed by atoms with E-state index >= 15 is 0 Å². The molecule has 0 unspecified atom stereocenters. The Labute approximate surface area is 256 Å². The molecular formula is C30H35ClN4O7S. The van der Waals surface area contributed by atoms with Crippen LogP contribution in [0.4, 0.5) is 16.2 Å². The number of rotatable bonds is 9. The van der Waals surface area contributed by atoms with Gasteiger partial charge in [-0.2, -0.15) is 0 Å². The second-order valence-electron chi connectivity index (χ2n) is 10.4. The Balaban J connectivity index is 1.66. The summed E-state index contributed by atoms with van der Waals surface area (Å²) in [5.74, 6) is -0.0515. The molecule has 1 aliphatic heterocycles. The monoisotopic (exact) mass is 630 g/mol. The Morgan fingerprint density at radius 2 is 1.84 bits per heavy atom. The van der Waals surface area contributed by atoms with Crippen molar-refractivity contribution in [1.82, 2.24) is 9.80 Å². The minimum atomic E-state index is -4.08. The number of likely N-dealkylation sites (N-methyl/N-ethyl adjacent to an activating group) is 1. The fourth-order valence-electron chi connectivity index (χ4n) is 4.61. The van der Waals surface area contributed by atoms with Crippen LogP contribution in [0.5, 0.6) is 11.5 Å². The predicted octanol–water partition coefficient (Wildman–Crippen LogP) is 4.53. The van der Waals surface area contributed by atoms with Crippen LogP contribution >= 0.6 is 11.6 Å². The number of amides is 3. The molecule has 0 aliphatic carbocycles. The number of carbonyl (C=O) groups is 2.